The van der Waals surface area contributed by atoms with E-state index in [0.717, 1.165) is 30.2 Å². The summed E-state index contributed by atoms with van der Waals surface area (Å²) in [5.74, 6) is 0.403. The van der Waals surface area contributed by atoms with E-state index in [4.69, 9.17) is 5.73 Å². The second kappa shape index (κ2) is 8.76. The molecule has 0 bridgehead atoms. The highest BCUT2D eigenvalue weighted by Gasteiger charge is 2.32. The third-order valence-corrected chi connectivity index (χ3v) is 7.51. The van der Waals surface area contributed by atoms with E-state index in [0.29, 0.717) is 25.3 Å². The summed E-state index contributed by atoms with van der Waals surface area (Å²) >= 11 is 0. The van der Waals surface area contributed by atoms with Gasteiger partial charge in [0.15, 0.2) is 0 Å². The third-order valence-electron chi connectivity index (χ3n) is 6.04. The number of nitrogens with zero attached hydrogens (tertiary/aromatic N) is 2. The molecule has 1 aliphatic rings. The Morgan fingerprint density at radius 1 is 1.29 bits per heavy atom. The number of H-pyrrole nitrogens is 1. The minimum atomic E-state index is -3.89. The molecule has 3 aromatic rings. The van der Waals surface area contributed by atoms with Crippen LogP contribution < -0.4 is 10.5 Å². The molecule has 0 radical (unpaired) electrons. The van der Waals surface area contributed by atoms with E-state index in [1.807, 2.05) is 34.7 Å². The molecule has 1 aromatic carbocycles. The zero-order valence-corrected chi connectivity index (χ0v) is 18.4. The molecule has 166 valence electrons. The van der Waals surface area contributed by atoms with Gasteiger partial charge >= 0.3 is 0 Å². The maximum absolute atomic E-state index is 13.4. The molecule has 1 aliphatic heterocycles. The predicted molar refractivity (Wildman–Crippen MR) is 121 cm³/mol. The summed E-state index contributed by atoms with van der Waals surface area (Å²) < 4.78 is 30.9. The van der Waals surface area contributed by atoms with Crippen LogP contribution >= 0.6 is 0 Å². The number of nitrogens with one attached hydrogen (secondary N) is 2. The predicted octanol–water partition coefficient (Wildman–Crippen LogP) is 2.69. The number of nitrogens with two attached hydrogens (primary N) is 1. The monoisotopic (exact) mass is 443 g/mol. The molecule has 0 saturated carbocycles. The van der Waals surface area contributed by atoms with Crippen LogP contribution in [0.15, 0.2) is 53.7 Å². The minimum absolute atomic E-state index is 0.0974. The summed E-state index contributed by atoms with van der Waals surface area (Å²) in [6.45, 7) is 3.11. The maximum Gasteiger partial charge on any atom is 0.241 e. The summed E-state index contributed by atoms with van der Waals surface area (Å²) in [5.41, 5.74) is 6.69. The first-order chi connectivity index (χ1) is 14.8. The number of carbonyl (C=O) groups is 1. The number of rotatable bonds is 7. The molecule has 2 atom stereocenters. The Kier molecular flexibility index (Phi) is 6.06. The summed E-state index contributed by atoms with van der Waals surface area (Å²) in [4.78, 5) is 18.4. The van der Waals surface area contributed by atoms with Crippen molar-refractivity contribution in [1.82, 2.24) is 19.2 Å². The first-order valence-electron chi connectivity index (χ1n) is 10.7. The van der Waals surface area contributed by atoms with Crippen molar-refractivity contribution in [3.8, 4) is 0 Å². The van der Waals surface area contributed by atoms with Crippen molar-refractivity contribution in [1.29, 1.82) is 0 Å². The first-order valence-corrected chi connectivity index (χ1v) is 12.1. The molecule has 1 fully saturated rings. The zero-order chi connectivity index (χ0) is 22.0. The Labute approximate surface area is 182 Å². The number of hydrogen-bond donors (Lipinski definition) is 3. The van der Waals surface area contributed by atoms with Crippen LogP contribution in [0.1, 0.15) is 32.6 Å². The highest BCUT2D eigenvalue weighted by atomic mass is 32.2. The Balaban J connectivity index is 1.58. The molecule has 4 rings (SSSR count). The number of fused-ring (bicyclic) bond motifs is 1. The van der Waals surface area contributed by atoms with Gasteiger partial charge in [-0.15, -0.1) is 0 Å². The number of aromatic amines is 1. The molecule has 31 heavy (non-hydrogen) atoms. The normalized spacial score (nSPS) is 18.4. The molecule has 9 heteroatoms. The highest BCUT2D eigenvalue weighted by molar-refractivity contribution is 7.89. The van der Waals surface area contributed by atoms with Gasteiger partial charge in [0.2, 0.25) is 15.9 Å². The number of amides is 1. The van der Waals surface area contributed by atoms with Crippen LogP contribution in [0.2, 0.25) is 0 Å². The van der Waals surface area contributed by atoms with E-state index in [9.17, 15) is 13.2 Å². The largest absolute Gasteiger partial charge is 0.385 e. The van der Waals surface area contributed by atoms with Gasteiger partial charge in [0.1, 0.15) is 11.9 Å². The summed E-state index contributed by atoms with van der Waals surface area (Å²) in [7, 11) is -3.89. The van der Waals surface area contributed by atoms with Crippen LogP contribution in [0.5, 0.6) is 0 Å². The fourth-order valence-corrected chi connectivity index (χ4v) is 5.46. The number of likely N-dealkylation sites (tertiary alicyclic amines) is 1. The molecular weight excluding hydrogens is 414 g/mol. The number of nitrogen functional groups attached to an aromatic ring is 1. The van der Waals surface area contributed by atoms with E-state index >= 15 is 0 Å². The molecule has 0 aliphatic carbocycles. The lowest BCUT2D eigenvalue weighted by atomic mass is 10.0. The van der Waals surface area contributed by atoms with Crippen molar-refractivity contribution in [2.24, 2.45) is 0 Å². The molecule has 0 spiro atoms. The average Bonchev–Trinajstić information content (AvgIpc) is 3.39. The van der Waals surface area contributed by atoms with Gasteiger partial charge in [0.25, 0.3) is 0 Å². The number of sulfonamides is 1. The summed E-state index contributed by atoms with van der Waals surface area (Å²) in [5, 5.41) is 0.928. The number of benzene rings is 1. The van der Waals surface area contributed by atoms with Gasteiger partial charge in [-0.3, -0.25) is 4.79 Å². The number of carbonyl (C=O) groups excluding carboxylic acids is 1. The van der Waals surface area contributed by atoms with Crippen molar-refractivity contribution in [3.05, 3.63) is 48.8 Å². The van der Waals surface area contributed by atoms with E-state index in [1.54, 1.807) is 30.5 Å². The van der Waals surface area contributed by atoms with Crippen LogP contribution in [0.3, 0.4) is 0 Å². The number of hydrogen-bond acceptors (Lipinski definition) is 4. The molecular formula is C22H29N5O3S. The van der Waals surface area contributed by atoms with Crippen LogP contribution in [-0.4, -0.2) is 47.4 Å². The van der Waals surface area contributed by atoms with Crippen LogP contribution in [-0.2, 0) is 21.4 Å². The lowest BCUT2D eigenvalue weighted by Gasteiger charge is -2.36. The fraction of sp³-hybridized carbons (Fsp3) is 0.409. The van der Waals surface area contributed by atoms with Crippen LogP contribution in [0.25, 0.3) is 10.9 Å². The summed E-state index contributed by atoms with van der Waals surface area (Å²) in [6, 6.07) is 9.62. The van der Waals surface area contributed by atoms with E-state index < -0.39 is 16.1 Å². The first kappa shape index (κ1) is 21.5. The molecule has 2 aromatic heterocycles. The number of piperidine rings is 1. The van der Waals surface area contributed by atoms with Crippen molar-refractivity contribution >= 4 is 32.7 Å². The molecule has 1 saturated heterocycles. The second-order valence-corrected chi connectivity index (χ2v) is 9.91. The number of anilines is 1. The molecule has 4 N–H and O–H groups in total. The SMILES string of the molecule is CC1CCCCN1C(=O)C(CCn1cccc1N)NS(=O)(=O)c1ccc2cc[nH]c2c1. The minimum Gasteiger partial charge on any atom is -0.385 e. The van der Waals surface area contributed by atoms with Gasteiger partial charge < -0.3 is 20.2 Å². The van der Waals surface area contributed by atoms with Gasteiger partial charge in [0, 0.05) is 37.0 Å². The Hall–Kier alpha value is -2.78. The average molecular weight is 444 g/mol. The smallest absolute Gasteiger partial charge is 0.241 e. The van der Waals surface area contributed by atoms with Gasteiger partial charge in [-0.05, 0) is 68.3 Å². The fourth-order valence-electron chi connectivity index (χ4n) is 4.21. The third kappa shape index (κ3) is 4.62. The number of aryl methyl sites for hydroxylation is 1. The van der Waals surface area contributed by atoms with E-state index in [1.165, 1.54) is 0 Å². The Bertz CT molecular complexity index is 1170. The second-order valence-electron chi connectivity index (χ2n) is 8.19. The van der Waals surface area contributed by atoms with E-state index in [2.05, 4.69) is 9.71 Å². The maximum atomic E-state index is 13.4. The Morgan fingerprint density at radius 3 is 2.87 bits per heavy atom. The van der Waals surface area contributed by atoms with Crippen molar-refractivity contribution in [3.63, 3.8) is 0 Å². The molecule has 3 heterocycles. The summed E-state index contributed by atoms with van der Waals surface area (Å²) in [6.07, 6.45) is 6.85. The zero-order valence-electron chi connectivity index (χ0n) is 17.6. The topological polar surface area (TPSA) is 113 Å². The van der Waals surface area contributed by atoms with Crippen molar-refractivity contribution in [2.45, 2.75) is 56.1 Å². The highest BCUT2D eigenvalue weighted by Crippen LogP contribution is 2.21. The van der Waals surface area contributed by atoms with E-state index in [-0.39, 0.29) is 16.8 Å². The van der Waals surface area contributed by atoms with Crippen molar-refractivity contribution < 1.29 is 13.2 Å². The quantitative estimate of drug-likeness (QED) is 0.521. The molecule has 2 unspecified atom stereocenters. The van der Waals surface area contributed by atoms with Gasteiger partial charge in [-0.1, -0.05) is 6.07 Å². The van der Waals surface area contributed by atoms with Crippen LogP contribution in [0.4, 0.5) is 5.82 Å². The standard InChI is InChI=1S/C22H29N5O3S/c1-16-5-2-3-13-27(16)22(28)19(10-14-26-12-4-6-21(26)23)25-31(29,30)18-8-7-17-9-11-24-20(17)15-18/h4,6-9,11-12,15-16,19,24-25H,2-3,5,10,13-14,23H2,1H3. The molecule has 8 nitrogen and oxygen atoms in total. The van der Waals surface area contributed by atoms with Crippen LogP contribution in [0, 0.1) is 0 Å². The van der Waals surface area contributed by atoms with Gasteiger partial charge in [0.05, 0.1) is 4.90 Å². The van der Waals surface area contributed by atoms with Gasteiger partial charge in [-0.2, -0.15) is 4.72 Å². The van der Waals surface area contributed by atoms with Crippen molar-refractivity contribution in [2.75, 3.05) is 12.3 Å². The molecule has 1 amide bonds. The number of aromatic nitrogens is 2. The van der Waals surface area contributed by atoms with Gasteiger partial charge in [-0.25, -0.2) is 8.42 Å². The lowest BCUT2D eigenvalue weighted by molar-refractivity contribution is -0.136. The Morgan fingerprint density at radius 2 is 2.13 bits per heavy atom. The lowest BCUT2D eigenvalue weighted by Crippen LogP contribution is -2.52.